The van der Waals surface area contributed by atoms with Crippen molar-refractivity contribution in [1.29, 1.82) is 0 Å². The molecule has 0 radical (unpaired) electrons. The Labute approximate surface area is 148 Å². The van der Waals surface area contributed by atoms with Gasteiger partial charge in [0.1, 0.15) is 11.0 Å². The van der Waals surface area contributed by atoms with Gasteiger partial charge in [-0.05, 0) is 35.9 Å². The van der Waals surface area contributed by atoms with Gasteiger partial charge in [0.05, 0.1) is 32.1 Å². The van der Waals surface area contributed by atoms with Crippen molar-refractivity contribution in [3.63, 3.8) is 0 Å². The van der Waals surface area contributed by atoms with Crippen molar-refractivity contribution in [2.45, 2.75) is 6.10 Å². The number of aliphatic hydroxyl groups is 1. The first-order valence-electron chi connectivity index (χ1n) is 7.53. The van der Waals surface area contributed by atoms with Crippen molar-refractivity contribution in [3.8, 4) is 11.5 Å². The van der Waals surface area contributed by atoms with Crippen LogP contribution in [0.5, 0.6) is 11.5 Å². The van der Waals surface area contributed by atoms with Gasteiger partial charge in [0.25, 0.3) is 5.91 Å². The average molecular weight is 359 g/mol. The smallest absolute Gasteiger partial charge is 0.251 e. The van der Waals surface area contributed by atoms with Gasteiger partial charge in [0, 0.05) is 12.1 Å². The standard InChI is InChI=1S/C17H17N3O4S/c1-23-15-6-4-10(8-16(15)24-2)14(21)9-18-17(22)11-3-5-12-13(7-11)20-25-19-12/h3-8,14,21H,9H2,1-2H3,(H,18,22). The molecule has 0 spiro atoms. The lowest BCUT2D eigenvalue weighted by Gasteiger charge is -2.15. The van der Waals surface area contributed by atoms with Crippen LogP contribution in [0.25, 0.3) is 11.0 Å². The van der Waals surface area contributed by atoms with Crippen LogP contribution in [0.15, 0.2) is 36.4 Å². The maximum atomic E-state index is 12.3. The molecule has 25 heavy (non-hydrogen) atoms. The molecule has 2 N–H and O–H groups in total. The number of aromatic nitrogens is 2. The molecular weight excluding hydrogens is 342 g/mol. The Hall–Kier alpha value is -2.71. The number of hydrogen-bond acceptors (Lipinski definition) is 7. The quantitative estimate of drug-likeness (QED) is 0.701. The van der Waals surface area contributed by atoms with Crippen LogP contribution in [0, 0.1) is 0 Å². The van der Waals surface area contributed by atoms with Crippen LogP contribution in [-0.4, -0.2) is 40.5 Å². The molecule has 0 fully saturated rings. The van der Waals surface area contributed by atoms with Crippen molar-refractivity contribution >= 4 is 28.7 Å². The van der Waals surface area contributed by atoms with Crippen LogP contribution in [0.1, 0.15) is 22.0 Å². The van der Waals surface area contributed by atoms with Gasteiger partial charge in [-0.2, -0.15) is 8.75 Å². The zero-order valence-electron chi connectivity index (χ0n) is 13.7. The third-order valence-corrected chi connectivity index (χ3v) is 4.32. The van der Waals surface area contributed by atoms with Gasteiger partial charge in [0.15, 0.2) is 11.5 Å². The highest BCUT2D eigenvalue weighted by Crippen LogP contribution is 2.29. The van der Waals surface area contributed by atoms with Crippen molar-refractivity contribution in [3.05, 3.63) is 47.5 Å². The highest BCUT2D eigenvalue weighted by molar-refractivity contribution is 7.00. The Morgan fingerprint density at radius 2 is 1.88 bits per heavy atom. The molecule has 1 amide bonds. The normalized spacial score (nSPS) is 12.0. The lowest BCUT2D eigenvalue weighted by Crippen LogP contribution is -2.28. The van der Waals surface area contributed by atoms with Gasteiger partial charge in [-0.1, -0.05) is 6.07 Å². The zero-order chi connectivity index (χ0) is 17.8. The molecular formula is C17H17N3O4S. The molecule has 0 saturated carbocycles. The van der Waals surface area contributed by atoms with Gasteiger partial charge >= 0.3 is 0 Å². The number of hydrogen-bond donors (Lipinski definition) is 2. The number of rotatable bonds is 6. The van der Waals surface area contributed by atoms with E-state index >= 15 is 0 Å². The number of benzene rings is 2. The summed E-state index contributed by atoms with van der Waals surface area (Å²) in [6.45, 7) is 0.0711. The molecule has 1 heterocycles. The molecule has 8 heteroatoms. The molecule has 0 aliphatic carbocycles. The summed E-state index contributed by atoms with van der Waals surface area (Å²) < 4.78 is 18.6. The van der Waals surface area contributed by atoms with Crippen molar-refractivity contribution in [2.75, 3.05) is 20.8 Å². The van der Waals surface area contributed by atoms with Crippen LogP contribution in [0.4, 0.5) is 0 Å². The maximum Gasteiger partial charge on any atom is 0.251 e. The second-order valence-corrected chi connectivity index (χ2v) is 5.84. The molecule has 0 aliphatic rings. The van der Waals surface area contributed by atoms with Crippen LogP contribution < -0.4 is 14.8 Å². The van der Waals surface area contributed by atoms with E-state index in [4.69, 9.17) is 9.47 Å². The van der Waals surface area contributed by atoms with Crippen molar-refractivity contribution < 1.29 is 19.4 Å². The summed E-state index contributed by atoms with van der Waals surface area (Å²) in [6, 6.07) is 10.2. The summed E-state index contributed by atoms with van der Waals surface area (Å²) in [5.74, 6) is 0.814. The minimum Gasteiger partial charge on any atom is -0.493 e. The molecule has 7 nitrogen and oxygen atoms in total. The first-order valence-corrected chi connectivity index (χ1v) is 8.26. The average Bonchev–Trinajstić information content (AvgIpc) is 3.12. The molecule has 3 aromatic rings. The van der Waals surface area contributed by atoms with Crippen LogP contribution in [0.2, 0.25) is 0 Å². The molecule has 0 bridgehead atoms. The topological polar surface area (TPSA) is 93.6 Å². The largest absolute Gasteiger partial charge is 0.493 e. The predicted octanol–water partition coefficient (Wildman–Crippen LogP) is 2.17. The Morgan fingerprint density at radius 3 is 2.64 bits per heavy atom. The summed E-state index contributed by atoms with van der Waals surface area (Å²) in [7, 11) is 3.07. The van der Waals surface area contributed by atoms with E-state index in [1.54, 1.807) is 43.5 Å². The van der Waals surface area contributed by atoms with E-state index in [9.17, 15) is 9.90 Å². The summed E-state index contributed by atoms with van der Waals surface area (Å²) >= 11 is 1.10. The van der Waals surface area contributed by atoms with Crippen LogP contribution >= 0.6 is 11.7 Å². The number of carbonyl (C=O) groups excluding carboxylic acids is 1. The lowest BCUT2D eigenvalue weighted by molar-refractivity contribution is 0.0916. The second-order valence-electron chi connectivity index (χ2n) is 5.31. The van der Waals surface area contributed by atoms with Crippen molar-refractivity contribution in [2.24, 2.45) is 0 Å². The Balaban J connectivity index is 1.66. The lowest BCUT2D eigenvalue weighted by atomic mass is 10.1. The first-order chi connectivity index (χ1) is 12.1. The number of amides is 1. The van der Waals surface area contributed by atoms with Crippen LogP contribution in [-0.2, 0) is 0 Å². The minimum absolute atomic E-state index is 0.0711. The van der Waals surface area contributed by atoms with E-state index in [2.05, 4.69) is 14.1 Å². The molecule has 0 aliphatic heterocycles. The Kier molecular flexibility index (Phi) is 5.11. The van der Waals surface area contributed by atoms with Gasteiger partial charge < -0.3 is 19.9 Å². The van der Waals surface area contributed by atoms with Crippen LogP contribution in [0.3, 0.4) is 0 Å². The van der Waals surface area contributed by atoms with E-state index in [0.717, 1.165) is 17.2 Å². The van der Waals surface area contributed by atoms with Crippen molar-refractivity contribution in [1.82, 2.24) is 14.1 Å². The fourth-order valence-corrected chi connectivity index (χ4v) is 2.91. The third kappa shape index (κ3) is 3.70. The molecule has 3 rings (SSSR count). The minimum atomic E-state index is -0.867. The number of fused-ring (bicyclic) bond motifs is 1. The monoisotopic (exact) mass is 359 g/mol. The molecule has 0 saturated heterocycles. The predicted molar refractivity (Wildman–Crippen MR) is 94.3 cm³/mol. The third-order valence-electron chi connectivity index (χ3n) is 3.76. The summed E-state index contributed by atoms with van der Waals surface area (Å²) in [4.78, 5) is 12.3. The highest BCUT2D eigenvalue weighted by atomic mass is 32.1. The zero-order valence-corrected chi connectivity index (χ0v) is 14.5. The van der Waals surface area contributed by atoms with Gasteiger partial charge in [0.2, 0.25) is 0 Å². The van der Waals surface area contributed by atoms with Gasteiger partial charge in [-0.15, -0.1) is 0 Å². The summed E-state index contributed by atoms with van der Waals surface area (Å²) in [6.07, 6.45) is -0.867. The fourth-order valence-electron chi connectivity index (χ4n) is 2.39. The molecule has 1 atom stereocenters. The number of nitrogens with one attached hydrogen (secondary N) is 1. The highest BCUT2D eigenvalue weighted by Gasteiger charge is 2.14. The van der Waals surface area contributed by atoms with Gasteiger partial charge in [-0.25, -0.2) is 0 Å². The number of ether oxygens (including phenoxy) is 2. The number of carbonyl (C=O) groups is 1. The number of nitrogens with zero attached hydrogens (tertiary/aromatic N) is 2. The molecule has 2 aromatic carbocycles. The van der Waals surface area contributed by atoms with E-state index in [0.29, 0.717) is 28.1 Å². The molecule has 130 valence electrons. The van der Waals surface area contributed by atoms with E-state index in [1.165, 1.54) is 7.11 Å². The number of aliphatic hydroxyl groups excluding tert-OH is 1. The first kappa shape index (κ1) is 17.1. The summed E-state index contributed by atoms with van der Waals surface area (Å²) in [5, 5.41) is 13.0. The Bertz CT molecular complexity index is 896. The summed E-state index contributed by atoms with van der Waals surface area (Å²) in [5.41, 5.74) is 2.53. The second kappa shape index (κ2) is 7.45. The van der Waals surface area contributed by atoms with E-state index in [-0.39, 0.29) is 12.5 Å². The van der Waals surface area contributed by atoms with Gasteiger partial charge in [-0.3, -0.25) is 4.79 Å². The maximum absolute atomic E-state index is 12.3. The molecule has 1 unspecified atom stereocenters. The van der Waals surface area contributed by atoms with E-state index in [1.807, 2.05) is 0 Å². The number of methoxy groups -OCH3 is 2. The van der Waals surface area contributed by atoms with E-state index < -0.39 is 6.10 Å². The fraction of sp³-hybridized carbons (Fsp3) is 0.235. The Morgan fingerprint density at radius 1 is 1.12 bits per heavy atom. The SMILES string of the molecule is COc1ccc(C(O)CNC(=O)c2ccc3nsnc3c2)cc1OC. The molecule has 1 aromatic heterocycles.